The Morgan fingerprint density at radius 1 is 1.08 bits per heavy atom. The molecule has 1 aliphatic rings. The zero-order valence-electron chi connectivity index (χ0n) is 14.9. The van der Waals surface area contributed by atoms with Crippen LogP contribution >= 0.6 is 0 Å². The van der Waals surface area contributed by atoms with Gasteiger partial charge in [-0.25, -0.2) is 0 Å². The number of fused-ring (bicyclic) bond motifs is 3. The minimum absolute atomic E-state index is 0.136. The minimum Gasteiger partial charge on any atom is -0.390 e. The zero-order chi connectivity index (χ0) is 18.2. The number of benzene rings is 2. The van der Waals surface area contributed by atoms with Gasteiger partial charge in [0.1, 0.15) is 6.10 Å². The largest absolute Gasteiger partial charge is 0.390 e. The SMILES string of the molecule is CC(=O)NCCC(O)C(O)c1ccc2c(c1)C(C)(C)c1ccccc1-2. The standard InChI is InChI=1S/C21H25NO3/c1-13(23)22-11-10-19(24)20(25)14-8-9-16-15-6-4-5-7-17(15)21(2,3)18(16)12-14/h4-9,12,19-20,24-25H,10-11H2,1-3H3,(H,22,23). The van der Waals surface area contributed by atoms with E-state index < -0.39 is 12.2 Å². The van der Waals surface area contributed by atoms with Crippen LogP contribution in [0.4, 0.5) is 0 Å². The van der Waals surface area contributed by atoms with Gasteiger partial charge in [-0.3, -0.25) is 4.79 Å². The number of carbonyl (C=O) groups is 1. The lowest BCUT2D eigenvalue weighted by molar-refractivity contribution is -0.119. The first-order chi connectivity index (χ1) is 11.8. The number of aliphatic hydroxyl groups excluding tert-OH is 2. The molecule has 0 aromatic heterocycles. The number of hydrogen-bond donors (Lipinski definition) is 3. The van der Waals surface area contributed by atoms with E-state index >= 15 is 0 Å². The molecule has 0 saturated carbocycles. The molecular formula is C21H25NO3. The van der Waals surface area contributed by atoms with E-state index in [1.54, 1.807) is 0 Å². The summed E-state index contributed by atoms with van der Waals surface area (Å²) >= 11 is 0. The number of hydrogen-bond acceptors (Lipinski definition) is 3. The molecular weight excluding hydrogens is 314 g/mol. The fourth-order valence-corrected chi connectivity index (χ4v) is 3.68. The van der Waals surface area contributed by atoms with Crippen molar-refractivity contribution in [2.24, 2.45) is 0 Å². The molecule has 4 nitrogen and oxygen atoms in total. The van der Waals surface area contributed by atoms with Crippen molar-refractivity contribution in [2.75, 3.05) is 6.54 Å². The second kappa shape index (κ2) is 6.62. The Hall–Kier alpha value is -2.17. The second-order valence-corrected chi connectivity index (χ2v) is 7.26. The van der Waals surface area contributed by atoms with Crippen LogP contribution in [-0.4, -0.2) is 28.8 Å². The summed E-state index contributed by atoms with van der Waals surface area (Å²) in [5.74, 6) is -0.140. The van der Waals surface area contributed by atoms with Gasteiger partial charge >= 0.3 is 0 Å². The van der Waals surface area contributed by atoms with E-state index in [1.807, 2.05) is 30.3 Å². The quantitative estimate of drug-likeness (QED) is 0.784. The molecule has 3 rings (SSSR count). The molecule has 2 unspecified atom stereocenters. The van der Waals surface area contributed by atoms with E-state index in [1.165, 1.54) is 29.2 Å². The van der Waals surface area contributed by atoms with Crippen molar-refractivity contribution in [3.8, 4) is 11.1 Å². The normalized spacial score (nSPS) is 16.7. The molecule has 0 heterocycles. The highest BCUT2D eigenvalue weighted by Gasteiger charge is 2.35. The van der Waals surface area contributed by atoms with Crippen LogP contribution < -0.4 is 5.32 Å². The van der Waals surface area contributed by atoms with Crippen LogP contribution in [0, 0.1) is 0 Å². The summed E-state index contributed by atoms with van der Waals surface area (Å²) < 4.78 is 0. The van der Waals surface area contributed by atoms with Gasteiger partial charge in [-0.2, -0.15) is 0 Å². The molecule has 0 spiro atoms. The predicted molar refractivity (Wildman–Crippen MR) is 98.3 cm³/mol. The van der Waals surface area contributed by atoms with E-state index in [0.29, 0.717) is 18.5 Å². The second-order valence-electron chi connectivity index (χ2n) is 7.26. The first kappa shape index (κ1) is 17.6. The van der Waals surface area contributed by atoms with Gasteiger partial charge in [0.05, 0.1) is 6.10 Å². The lowest BCUT2D eigenvalue weighted by atomic mass is 9.81. The number of aliphatic hydroxyl groups is 2. The average Bonchev–Trinajstić information content (AvgIpc) is 2.82. The summed E-state index contributed by atoms with van der Waals surface area (Å²) in [7, 11) is 0. The molecule has 0 radical (unpaired) electrons. The van der Waals surface area contributed by atoms with Crippen molar-refractivity contribution in [3.63, 3.8) is 0 Å². The average molecular weight is 339 g/mol. The van der Waals surface area contributed by atoms with E-state index in [0.717, 1.165) is 0 Å². The first-order valence-corrected chi connectivity index (χ1v) is 8.67. The summed E-state index contributed by atoms with van der Waals surface area (Å²) in [5, 5.41) is 23.4. The molecule has 1 aliphatic carbocycles. The van der Waals surface area contributed by atoms with Crippen molar-refractivity contribution in [2.45, 2.75) is 44.8 Å². The molecule has 0 aliphatic heterocycles. The molecule has 2 aromatic rings. The Labute approximate surface area is 148 Å². The first-order valence-electron chi connectivity index (χ1n) is 8.67. The molecule has 132 valence electrons. The highest BCUT2D eigenvalue weighted by Crippen LogP contribution is 2.49. The number of nitrogens with one attached hydrogen (secondary N) is 1. The molecule has 0 bridgehead atoms. The molecule has 1 amide bonds. The highest BCUT2D eigenvalue weighted by atomic mass is 16.3. The minimum atomic E-state index is -0.974. The molecule has 3 N–H and O–H groups in total. The van der Waals surface area contributed by atoms with Crippen LogP contribution in [0.25, 0.3) is 11.1 Å². The van der Waals surface area contributed by atoms with Crippen LogP contribution in [0.1, 0.15) is 50.0 Å². The lowest BCUT2D eigenvalue weighted by Gasteiger charge is -2.24. The van der Waals surface area contributed by atoms with Crippen LogP contribution in [0.2, 0.25) is 0 Å². The molecule has 2 aromatic carbocycles. The van der Waals surface area contributed by atoms with Crippen molar-refractivity contribution < 1.29 is 15.0 Å². The lowest BCUT2D eigenvalue weighted by Crippen LogP contribution is -2.27. The van der Waals surface area contributed by atoms with E-state index in [-0.39, 0.29) is 11.3 Å². The fourth-order valence-electron chi connectivity index (χ4n) is 3.68. The Morgan fingerprint density at radius 2 is 1.76 bits per heavy atom. The van der Waals surface area contributed by atoms with Crippen molar-refractivity contribution in [1.82, 2.24) is 5.32 Å². The van der Waals surface area contributed by atoms with Gasteiger partial charge in [-0.15, -0.1) is 0 Å². The summed E-state index contributed by atoms with van der Waals surface area (Å²) in [5.41, 5.74) is 5.43. The number of carbonyl (C=O) groups excluding carboxylic acids is 1. The third-order valence-electron chi connectivity index (χ3n) is 5.13. The molecule has 2 atom stereocenters. The Bertz CT molecular complexity index is 797. The molecule has 0 fully saturated rings. The topological polar surface area (TPSA) is 69.6 Å². The third kappa shape index (κ3) is 3.20. The summed E-state index contributed by atoms with van der Waals surface area (Å²) in [6.45, 7) is 6.14. The van der Waals surface area contributed by atoms with Gasteiger partial charge in [0, 0.05) is 18.9 Å². The van der Waals surface area contributed by atoms with E-state index in [4.69, 9.17) is 0 Å². The summed E-state index contributed by atoms with van der Waals surface area (Å²) in [6, 6.07) is 14.3. The van der Waals surface area contributed by atoms with E-state index in [2.05, 4.69) is 31.3 Å². The maximum atomic E-state index is 10.9. The molecule has 4 heteroatoms. The maximum Gasteiger partial charge on any atom is 0.216 e. The van der Waals surface area contributed by atoms with E-state index in [9.17, 15) is 15.0 Å². The van der Waals surface area contributed by atoms with Gasteiger partial charge in [-0.1, -0.05) is 56.3 Å². The van der Waals surface area contributed by atoms with Crippen LogP contribution in [0.5, 0.6) is 0 Å². The third-order valence-corrected chi connectivity index (χ3v) is 5.13. The van der Waals surface area contributed by atoms with Gasteiger partial charge < -0.3 is 15.5 Å². The Kier molecular flexibility index (Phi) is 4.67. The summed E-state index contributed by atoms with van der Waals surface area (Å²) in [6.07, 6.45) is -1.59. The monoisotopic (exact) mass is 339 g/mol. The number of rotatable bonds is 5. The van der Waals surface area contributed by atoms with Crippen molar-refractivity contribution in [1.29, 1.82) is 0 Å². The van der Waals surface area contributed by atoms with Crippen LogP contribution in [0.15, 0.2) is 42.5 Å². The zero-order valence-corrected chi connectivity index (χ0v) is 14.9. The van der Waals surface area contributed by atoms with Gasteiger partial charge in [0.15, 0.2) is 0 Å². The van der Waals surface area contributed by atoms with Crippen LogP contribution in [-0.2, 0) is 10.2 Å². The van der Waals surface area contributed by atoms with Gasteiger partial charge in [-0.05, 0) is 34.2 Å². The smallest absolute Gasteiger partial charge is 0.216 e. The summed E-state index contributed by atoms with van der Waals surface area (Å²) in [4.78, 5) is 10.9. The van der Waals surface area contributed by atoms with Gasteiger partial charge in [0.25, 0.3) is 0 Å². The molecule has 25 heavy (non-hydrogen) atoms. The maximum absolute atomic E-state index is 10.9. The Balaban J connectivity index is 1.85. The van der Waals surface area contributed by atoms with Gasteiger partial charge in [0.2, 0.25) is 5.91 Å². The van der Waals surface area contributed by atoms with Crippen molar-refractivity contribution in [3.05, 3.63) is 59.2 Å². The predicted octanol–water partition coefficient (Wildman–Crippen LogP) is 2.91. The van der Waals surface area contributed by atoms with Crippen LogP contribution in [0.3, 0.4) is 0 Å². The fraction of sp³-hybridized carbons (Fsp3) is 0.381. The highest BCUT2D eigenvalue weighted by molar-refractivity contribution is 5.80. The number of amides is 1. The Morgan fingerprint density at radius 3 is 2.48 bits per heavy atom. The molecule has 0 saturated heterocycles. The van der Waals surface area contributed by atoms with Crippen molar-refractivity contribution >= 4 is 5.91 Å².